The van der Waals surface area contributed by atoms with Crippen molar-refractivity contribution in [3.05, 3.63) is 33.8 Å². The number of hydrogen-bond acceptors (Lipinski definition) is 3. The highest BCUT2D eigenvalue weighted by atomic mass is 35.5. The Balaban J connectivity index is 1.65. The maximum atomic E-state index is 6.09. The fraction of sp³-hybridized carbons (Fsp3) is 0.500. The summed E-state index contributed by atoms with van der Waals surface area (Å²) in [5.74, 6) is 0. The fourth-order valence-corrected chi connectivity index (χ4v) is 2.59. The number of hydrogen-bond donors (Lipinski definition) is 2. The van der Waals surface area contributed by atoms with E-state index in [0.717, 1.165) is 30.8 Å². The van der Waals surface area contributed by atoms with Crippen molar-refractivity contribution in [1.29, 1.82) is 0 Å². The van der Waals surface area contributed by atoms with E-state index in [2.05, 4.69) is 27.8 Å². The van der Waals surface area contributed by atoms with Gasteiger partial charge in [-0.15, -0.1) is 0 Å². The summed E-state index contributed by atoms with van der Waals surface area (Å²) in [4.78, 5) is 0. The Bertz CT molecular complexity index is 666. The lowest BCUT2D eigenvalue weighted by Gasteiger charge is -2.10. The van der Waals surface area contributed by atoms with Crippen LogP contribution in [0.5, 0.6) is 0 Å². The predicted octanol–water partition coefficient (Wildman–Crippen LogP) is 2.77. The smallest absolute Gasteiger partial charge is 0.166 e. The number of rotatable bonds is 7. The lowest BCUT2D eigenvalue weighted by Crippen LogP contribution is -2.35. The molecule has 9 heteroatoms. The summed E-state index contributed by atoms with van der Waals surface area (Å²) in [6.07, 6.45) is 4.68. The fourth-order valence-electron chi connectivity index (χ4n) is 2.03. The molecule has 0 saturated carbocycles. The summed E-state index contributed by atoms with van der Waals surface area (Å²) < 4.78 is 3.59. The predicted molar refractivity (Wildman–Crippen MR) is 96.9 cm³/mol. The van der Waals surface area contributed by atoms with Crippen LogP contribution in [-0.4, -0.2) is 31.2 Å². The molecule has 2 aromatic heterocycles. The van der Waals surface area contributed by atoms with Crippen molar-refractivity contribution >= 4 is 40.5 Å². The van der Waals surface area contributed by atoms with Crippen LogP contribution in [0.4, 0.5) is 0 Å². The molecule has 0 unspecified atom stereocenters. The van der Waals surface area contributed by atoms with E-state index in [1.165, 1.54) is 0 Å². The van der Waals surface area contributed by atoms with Gasteiger partial charge in [0.25, 0.3) is 0 Å². The first-order valence-electron chi connectivity index (χ1n) is 7.42. The van der Waals surface area contributed by atoms with Gasteiger partial charge in [-0.2, -0.15) is 10.2 Å². The van der Waals surface area contributed by atoms with E-state index in [-0.39, 0.29) is 0 Å². The number of nitrogens with zero attached hydrogens (tertiary/aromatic N) is 4. The van der Waals surface area contributed by atoms with Crippen molar-refractivity contribution in [2.45, 2.75) is 39.9 Å². The second-order valence-electron chi connectivity index (χ2n) is 5.08. The van der Waals surface area contributed by atoms with Gasteiger partial charge in [-0.3, -0.25) is 9.36 Å². The molecular weight excluding hydrogens is 355 g/mol. The Morgan fingerprint density at radius 3 is 2.74 bits per heavy atom. The van der Waals surface area contributed by atoms with Gasteiger partial charge in [0.2, 0.25) is 0 Å². The lowest BCUT2D eigenvalue weighted by molar-refractivity contribution is 0.569. The third-order valence-electron chi connectivity index (χ3n) is 3.29. The first-order valence-corrected chi connectivity index (χ1v) is 8.59. The summed E-state index contributed by atoms with van der Waals surface area (Å²) >= 11 is 17.3. The van der Waals surface area contributed by atoms with Gasteiger partial charge in [-0.1, -0.05) is 23.2 Å². The third-order valence-corrected chi connectivity index (χ3v) is 4.51. The second kappa shape index (κ2) is 8.52. The van der Waals surface area contributed by atoms with Gasteiger partial charge in [-0.25, -0.2) is 0 Å². The lowest BCUT2D eigenvalue weighted by atomic mass is 10.3. The van der Waals surface area contributed by atoms with Gasteiger partial charge in [0.05, 0.1) is 11.9 Å². The highest BCUT2D eigenvalue weighted by Crippen LogP contribution is 2.24. The monoisotopic (exact) mass is 374 g/mol. The molecule has 2 aromatic rings. The first kappa shape index (κ1) is 18.0. The SMILES string of the molecule is CCn1cc(CNC(=S)NCCCn2nc(C)c(Cl)c2Cl)cn1. The highest BCUT2D eigenvalue weighted by Gasteiger charge is 2.10. The van der Waals surface area contributed by atoms with Crippen LogP contribution >= 0.6 is 35.4 Å². The zero-order valence-electron chi connectivity index (χ0n) is 13.1. The van der Waals surface area contributed by atoms with Gasteiger partial charge in [-0.05, 0) is 32.5 Å². The molecule has 2 N–H and O–H groups in total. The Kier molecular flexibility index (Phi) is 6.68. The van der Waals surface area contributed by atoms with Crippen LogP contribution in [-0.2, 0) is 19.6 Å². The molecule has 0 aromatic carbocycles. The number of aryl methyl sites for hydroxylation is 3. The van der Waals surface area contributed by atoms with Crippen LogP contribution in [0.25, 0.3) is 0 Å². The number of halogens is 2. The maximum Gasteiger partial charge on any atom is 0.166 e. The van der Waals surface area contributed by atoms with Gasteiger partial charge in [0, 0.05) is 37.9 Å². The van der Waals surface area contributed by atoms with E-state index >= 15 is 0 Å². The minimum atomic E-state index is 0.484. The molecule has 0 radical (unpaired) electrons. The van der Waals surface area contributed by atoms with E-state index in [1.54, 1.807) is 4.68 Å². The van der Waals surface area contributed by atoms with Crippen molar-refractivity contribution in [1.82, 2.24) is 30.2 Å². The molecule has 0 fully saturated rings. The molecule has 0 saturated heterocycles. The van der Waals surface area contributed by atoms with Crippen molar-refractivity contribution in [3.63, 3.8) is 0 Å². The number of nitrogens with one attached hydrogen (secondary N) is 2. The largest absolute Gasteiger partial charge is 0.363 e. The average Bonchev–Trinajstić information content (AvgIpc) is 3.10. The van der Waals surface area contributed by atoms with Crippen molar-refractivity contribution in [2.24, 2.45) is 0 Å². The molecule has 2 rings (SSSR count). The average molecular weight is 375 g/mol. The molecule has 0 amide bonds. The van der Waals surface area contributed by atoms with Crippen LogP contribution in [0, 0.1) is 6.92 Å². The zero-order chi connectivity index (χ0) is 16.8. The Hall–Kier alpha value is -1.31. The van der Waals surface area contributed by atoms with Crippen molar-refractivity contribution < 1.29 is 0 Å². The van der Waals surface area contributed by atoms with Crippen LogP contribution in [0.1, 0.15) is 24.6 Å². The van der Waals surface area contributed by atoms with Crippen molar-refractivity contribution in [2.75, 3.05) is 6.54 Å². The Morgan fingerprint density at radius 2 is 2.13 bits per heavy atom. The molecule has 126 valence electrons. The van der Waals surface area contributed by atoms with E-state index in [9.17, 15) is 0 Å². The standard InChI is InChI=1S/C14H20Cl2N6S/c1-3-21-9-11(8-19-21)7-18-14(23)17-5-4-6-22-13(16)12(15)10(2)20-22/h8-9H,3-7H2,1-2H3,(H2,17,18,23). The normalized spacial score (nSPS) is 10.8. The minimum Gasteiger partial charge on any atom is -0.363 e. The van der Waals surface area contributed by atoms with Crippen molar-refractivity contribution in [3.8, 4) is 0 Å². The van der Waals surface area contributed by atoms with Gasteiger partial charge < -0.3 is 10.6 Å². The molecule has 0 spiro atoms. The first-order chi connectivity index (χ1) is 11.0. The summed E-state index contributed by atoms with van der Waals surface area (Å²) in [6, 6.07) is 0. The van der Waals surface area contributed by atoms with E-state index < -0.39 is 0 Å². The van der Waals surface area contributed by atoms with Crippen LogP contribution in [0.3, 0.4) is 0 Å². The molecule has 2 heterocycles. The molecule has 0 atom stereocenters. The molecule has 6 nitrogen and oxygen atoms in total. The molecule has 0 bridgehead atoms. The maximum absolute atomic E-state index is 6.09. The molecule has 0 aliphatic rings. The van der Waals surface area contributed by atoms with Crippen LogP contribution < -0.4 is 10.6 Å². The van der Waals surface area contributed by atoms with E-state index in [4.69, 9.17) is 35.4 Å². The second-order valence-corrected chi connectivity index (χ2v) is 6.22. The van der Waals surface area contributed by atoms with Crippen LogP contribution in [0.15, 0.2) is 12.4 Å². The summed E-state index contributed by atoms with van der Waals surface area (Å²) in [6.45, 7) is 6.83. The summed E-state index contributed by atoms with van der Waals surface area (Å²) in [5, 5.41) is 16.4. The molecular formula is C14H20Cl2N6S. The van der Waals surface area contributed by atoms with E-state index in [1.807, 2.05) is 24.0 Å². The summed E-state index contributed by atoms with van der Waals surface area (Å²) in [5.41, 5.74) is 1.85. The highest BCUT2D eigenvalue weighted by molar-refractivity contribution is 7.80. The minimum absolute atomic E-state index is 0.484. The molecule has 0 aliphatic carbocycles. The quantitative estimate of drug-likeness (QED) is 0.576. The van der Waals surface area contributed by atoms with Crippen LogP contribution in [0.2, 0.25) is 10.2 Å². The van der Waals surface area contributed by atoms with Gasteiger partial charge in [0.1, 0.15) is 10.2 Å². The molecule has 0 aliphatic heterocycles. The topological polar surface area (TPSA) is 59.7 Å². The number of thiocarbonyl (C=S) groups is 1. The van der Waals surface area contributed by atoms with Gasteiger partial charge >= 0.3 is 0 Å². The summed E-state index contributed by atoms with van der Waals surface area (Å²) in [7, 11) is 0. The number of aromatic nitrogens is 4. The third kappa shape index (κ3) is 5.09. The van der Waals surface area contributed by atoms with E-state index in [0.29, 0.717) is 28.4 Å². The van der Waals surface area contributed by atoms with Gasteiger partial charge in [0.15, 0.2) is 5.11 Å². The molecule has 23 heavy (non-hydrogen) atoms. The Labute approximate surface area is 151 Å². The zero-order valence-corrected chi connectivity index (χ0v) is 15.5. The Morgan fingerprint density at radius 1 is 1.35 bits per heavy atom.